The summed E-state index contributed by atoms with van der Waals surface area (Å²) < 4.78 is 40.9. The molecule has 140 valence electrons. The highest BCUT2D eigenvalue weighted by Crippen LogP contribution is 2.32. The lowest BCUT2D eigenvalue weighted by Gasteiger charge is -2.16. The summed E-state index contributed by atoms with van der Waals surface area (Å²) in [7, 11) is 0. The summed E-state index contributed by atoms with van der Waals surface area (Å²) in [6, 6.07) is 6.00. The summed E-state index contributed by atoms with van der Waals surface area (Å²) in [5, 5.41) is 2.35. The minimum atomic E-state index is -4.65. The van der Waals surface area contributed by atoms with E-state index in [2.05, 4.69) is 5.32 Å². The highest BCUT2D eigenvalue weighted by Gasteiger charge is 2.35. The van der Waals surface area contributed by atoms with Gasteiger partial charge in [-0.2, -0.15) is 13.2 Å². The van der Waals surface area contributed by atoms with Gasteiger partial charge in [-0.3, -0.25) is 9.59 Å². The van der Waals surface area contributed by atoms with Crippen LogP contribution in [0.15, 0.2) is 35.1 Å². The molecule has 1 aromatic heterocycles. The number of halogens is 3. The Kier molecular flexibility index (Phi) is 5.90. The molecule has 1 amide bonds. The largest absolute Gasteiger partial charge is 0.417 e. The van der Waals surface area contributed by atoms with Crippen LogP contribution >= 0.6 is 0 Å². The Balaban J connectivity index is 2.42. The number of amides is 1. The molecule has 0 saturated heterocycles. The number of rotatable bonds is 5. The second-order valence-corrected chi connectivity index (χ2v) is 6.13. The number of aromatic nitrogens is 1. The third kappa shape index (κ3) is 4.15. The third-order valence-corrected chi connectivity index (χ3v) is 4.27. The molecule has 7 heteroatoms. The molecule has 0 aliphatic carbocycles. The number of alkyl halides is 3. The van der Waals surface area contributed by atoms with Gasteiger partial charge in [0.15, 0.2) is 0 Å². The van der Waals surface area contributed by atoms with Crippen molar-refractivity contribution in [2.75, 3.05) is 5.32 Å². The van der Waals surface area contributed by atoms with Gasteiger partial charge in [0, 0.05) is 12.2 Å². The molecular formula is C19H21F3N2O2. The summed E-state index contributed by atoms with van der Waals surface area (Å²) >= 11 is 0. The van der Waals surface area contributed by atoms with E-state index in [-0.39, 0.29) is 5.69 Å². The number of nitrogens with zero attached hydrogens (tertiary/aromatic N) is 1. The maximum absolute atomic E-state index is 13.1. The molecule has 0 aliphatic rings. The molecule has 0 fully saturated rings. The van der Waals surface area contributed by atoms with E-state index in [4.69, 9.17) is 0 Å². The van der Waals surface area contributed by atoms with Gasteiger partial charge in [-0.1, -0.05) is 25.5 Å². The van der Waals surface area contributed by atoms with E-state index in [1.807, 2.05) is 6.92 Å². The number of benzene rings is 1. The predicted octanol–water partition coefficient (Wildman–Crippen LogP) is 4.54. The lowest BCUT2D eigenvalue weighted by Crippen LogP contribution is -2.29. The Hall–Kier alpha value is -2.57. The fourth-order valence-corrected chi connectivity index (χ4v) is 2.69. The molecular weight excluding hydrogens is 345 g/mol. The lowest BCUT2D eigenvalue weighted by molar-refractivity contribution is -0.137. The average molecular weight is 366 g/mol. The minimum Gasteiger partial charge on any atom is -0.317 e. The quantitative estimate of drug-likeness (QED) is 0.845. The van der Waals surface area contributed by atoms with Crippen molar-refractivity contribution < 1.29 is 18.0 Å². The van der Waals surface area contributed by atoms with E-state index in [0.717, 1.165) is 36.2 Å². The molecule has 0 saturated carbocycles. The van der Waals surface area contributed by atoms with Crippen molar-refractivity contribution >= 4 is 11.6 Å². The van der Waals surface area contributed by atoms with Crippen molar-refractivity contribution in [1.82, 2.24) is 4.57 Å². The molecule has 4 nitrogen and oxygen atoms in total. The Bertz CT molecular complexity index is 870. The van der Waals surface area contributed by atoms with Crippen LogP contribution in [0.1, 0.15) is 46.9 Å². The van der Waals surface area contributed by atoms with Crippen molar-refractivity contribution in [2.24, 2.45) is 0 Å². The van der Waals surface area contributed by atoms with Gasteiger partial charge in [-0.15, -0.1) is 0 Å². The maximum atomic E-state index is 13.1. The number of nitrogens with one attached hydrogen (secondary N) is 1. The van der Waals surface area contributed by atoms with E-state index >= 15 is 0 Å². The van der Waals surface area contributed by atoms with Crippen molar-refractivity contribution in [3.8, 4) is 0 Å². The maximum Gasteiger partial charge on any atom is 0.417 e. The molecule has 0 radical (unpaired) electrons. The zero-order valence-corrected chi connectivity index (χ0v) is 14.9. The molecule has 0 atom stereocenters. The van der Waals surface area contributed by atoms with E-state index in [0.29, 0.717) is 6.54 Å². The SMILES string of the molecule is CCCCn1c(C)c(C)cc(NC(=O)c2ccccc2C(F)(F)F)c1=O. The number of aryl methyl sites for hydroxylation is 1. The first-order valence-corrected chi connectivity index (χ1v) is 8.35. The van der Waals surface area contributed by atoms with Crippen molar-refractivity contribution in [1.29, 1.82) is 0 Å². The van der Waals surface area contributed by atoms with Crippen LogP contribution in [0.2, 0.25) is 0 Å². The minimum absolute atomic E-state index is 0.0221. The van der Waals surface area contributed by atoms with Crippen molar-refractivity contribution in [2.45, 2.75) is 46.3 Å². The van der Waals surface area contributed by atoms with E-state index in [9.17, 15) is 22.8 Å². The smallest absolute Gasteiger partial charge is 0.317 e. The molecule has 26 heavy (non-hydrogen) atoms. The predicted molar refractivity (Wildman–Crippen MR) is 94.5 cm³/mol. The Labute approximate surface area is 149 Å². The molecule has 0 unspecified atom stereocenters. The molecule has 0 spiro atoms. The van der Waals surface area contributed by atoms with Crippen LogP contribution in [0, 0.1) is 13.8 Å². The van der Waals surface area contributed by atoms with Gasteiger partial charge >= 0.3 is 6.18 Å². The zero-order chi connectivity index (χ0) is 19.5. The topological polar surface area (TPSA) is 51.1 Å². The summed E-state index contributed by atoms with van der Waals surface area (Å²) in [5.74, 6) is -0.958. The Morgan fingerprint density at radius 1 is 1.19 bits per heavy atom. The van der Waals surface area contributed by atoms with Gasteiger partial charge in [0.25, 0.3) is 11.5 Å². The fraction of sp³-hybridized carbons (Fsp3) is 0.368. The first-order valence-electron chi connectivity index (χ1n) is 8.35. The van der Waals surface area contributed by atoms with E-state index < -0.39 is 28.8 Å². The van der Waals surface area contributed by atoms with Crippen LogP contribution < -0.4 is 10.9 Å². The van der Waals surface area contributed by atoms with Gasteiger partial charge < -0.3 is 9.88 Å². The normalized spacial score (nSPS) is 11.5. The number of unbranched alkanes of at least 4 members (excludes halogenated alkanes) is 1. The summed E-state index contributed by atoms with van der Waals surface area (Å²) in [5.41, 5.74) is -0.437. The fourth-order valence-electron chi connectivity index (χ4n) is 2.69. The summed E-state index contributed by atoms with van der Waals surface area (Å²) in [6.07, 6.45) is -2.98. The Morgan fingerprint density at radius 2 is 1.85 bits per heavy atom. The van der Waals surface area contributed by atoms with Crippen LogP contribution in [0.4, 0.5) is 18.9 Å². The molecule has 0 aliphatic heterocycles. The van der Waals surface area contributed by atoms with Crippen molar-refractivity contribution in [3.05, 3.63) is 63.1 Å². The van der Waals surface area contributed by atoms with Gasteiger partial charge in [-0.05, 0) is 44.0 Å². The number of carbonyl (C=O) groups excluding carboxylic acids is 1. The van der Waals surface area contributed by atoms with Crippen LogP contribution in [-0.2, 0) is 12.7 Å². The molecule has 1 N–H and O–H groups in total. The summed E-state index contributed by atoms with van der Waals surface area (Å²) in [6.45, 7) is 6.07. The molecule has 2 aromatic rings. The first kappa shape index (κ1) is 19.8. The number of hydrogen-bond donors (Lipinski definition) is 1. The Morgan fingerprint density at radius 3 is 2.46 bits per heavy atom. The van der Waals surface area contributed by atoms with Gasteiger partial charge in [0.2, 0.25) is 0 Å². The molecule has 2 rings (SSSR count). The zero-order valence-electron chi connectivity index (χ0n) is 14.9. The number of carbonyl (C=O) groups is 1. The average Bonchev–Trinajstić information content (AvgIpc) is 2.59. The standard InChI is InChI=1S/C19H21F3N2O2/c1-4-5-10-24-13(3)12(2)11-16(18(24)26)23-17(25)14-8-6-7-9-15(14)19(20,21)22/h6-9,11H,4-5,10H2,1-3H3,(H,23,25). The van der Waals surface area contributed by atoms with Crippen LogP contribution in [0.25, 0.3) is 0 Å². The molecule has 0 bridgehead atoms. The number of hydrogen-bond acceptors (Lipinski definition) is 2. The lowest BCUT2D eigenvalue weighted by atomic mass is 10.1. The third-order valence-electron chi connectivity index (χ3n) is 4.27. The van der Waals surface area contributed by atoms with Gasteiger partial charge in [-0.25, -0.2) is 0 Å². The highest BCUT2D eigenvalue weighted by molar-refractivity contribution is 6.05. The van der Waals surface area contributed by atoms with Crippen molar-refractivity contribution in [3.63, 3.8) is 0 Å². The van der Waals surface area contributed by atoms with Gasteiger partial charge in [0.05, 0.1) is 11.1 Å². The first-order chi connectivity index (χ1) is 12.2. The van der Waals surface area contributed by atoms with E-state index in [1.54, 1.807) is 18.4 Å². The second kappa shape index (κ2) is 7.76. The number of anilines is 1. The molecule has 1 aromatic carbocycles. The summed E-state index contributed by atoms with van der Waals surface area (Å²) in [4.78, 5) is 25.0. The number of pyridine rings is 1. The van der Waals surface area contributed by atoms with E-state index in [1.165, 1.54) is 18.2 Å². The molecule has 1 heterocycles. The second-order valence-electron chi connectivity index (χ2n) is 6.13. The monoisotopic (exact) mass is 366 g/mol. The van der Waals surface area contributed by atoms with Crippen LogP contribution in [-0.4, -0.2) is 10.5 Å². The van der Waals surface area contributed by atoms with Crippen LogP contribution in [0.3, 0.4) is 0 Å². The van der Waals surface area contributed by atoms with Crippen LogP contribution in [0.5, 0.6) is 0 Å². The van der Waals surface area contributed by atoms with Gasteiger partial charge in [0.1, 0.15) is 5.69 Å². The highest BCUT2D eigenvalue weighted by atomic mass is 19.4.